The van der Waals surface area contributed by atoms with E-state index in [-0.39, 0.29) is 12.0 Å². The highest BCUT2D eigenvalue weighted by Gasteiger charge is 2.25. The molecule has 2 atom stereocenters. The van der Waals surface area contributed by atoms with Crippen LogP contribution in [-0.2, 0) is 11.2 Å². The van der Waals surface area contributed by atoms with E-state index < -0.39 is 0 Å². The molecule has 6 rings (SSSR count). The summed E-state index contributed by atoms with van der Waals surface area (Å²) in [5.41, 5.74) is 5.31. The number of aromatic nitrogens is 5. The molecule has 33 heavy (non-hydrogen) atoms. The molecular weight excluding hydrogens is 432 g/mol. The van der Waals surface area contributed by atoms with E-state index in [1.165, 1.54) is 12.0 Å². The number of fused-ring (bicyclic) bond motifs is 2. The van der Waals surface area contributed by atoms with Gasteiger partial charge >= 0.3 is 0 Å². The molecule has 0 aliphatic heterocycles. The van der Waals surface area contributed by atoms with Crippen molar-refractivity contribution >= 4 is 38.6 Å². The molecule has 1 fully saturated rings. The van der Waals surface area contributed by atoms with Crippen LogP contribution in [0.2, 0.25) is 0 Å². The molecule has 1 aromatic carbocycles. The van der Waals surface area contributed by atoms with E-state index >= 15 is 0 Å². The second kappa shape index (κ2) is 8.44. The summed E-state index contributed by atoms with van der Waals surface area (Å²) in [7, 11) is 0. The van der Waals surface area contributed by atoms with Crippen molar-refractivity contribution in [3.05, 3.63) is 72.7 Å². The van der Waals surface area contributed by atoms with Crippen molar-refractivity contribution < 1.29 is 4.79 Å². The van der Waals surface area contributed by atoms with E-state index in [9.17, 15) is 4.79 Å². The summed E-state index contributed by atoms with van der Waals surface area (Å²) in [6.45, 7) is 0. The van der Waals surface area contributed by atoms with Crippen LogP contribution in [0.3, 0.4) is 0 Å². The minimum Gasteiger partial charge on any atom is -0.358 e. The van der Waals surface area contributed by atoms with Gasteiger partial charge in [0.15, 0.2) is 5.13 Å². The molecule has 166 valence electrons. The van der Waals surface area contributed by atoms with Crippen molar-refractivity contribution in [2.75, 3.05) is 5.32 Å². The molecule has 0 amide bonds. The highest BCUT2D eigenvalue weighted by molar-refractivity contribution is 7.22. The maximum Gasteiger partial charge on any atom is 0.184 e. The number of hydrogen-bond donors (Lipinski definition) is 1. The molecule has 5 aromatic rings. The van der Waals surface area contributed by atoms with Gasteiger partial charge in [-0.15, -0.1) is 0 Å². The molecule has 0 saturated heterocycles. The predicted molar refractivity (Wildman–Crippen MR) is 130 cm³/mol. The molecular formula is C25H24N6OS. The number of imidazole rings is 2. The van der Waals surface area contributed by atoms with Gasteiger partial charge in [-0.25, -0.2) is 15.0 Å². The zero-order chi connectivity index (χ0) is 22.2. The minimum absolute atomic E-state index is 0.0887. The first-order chi connectivity index (χ1) is 16.3. The van der Waals surface area contributed by atoms with Gasteiger partial charge in [-0.1, -0.05) is 30.2 Å². The number of hydrogen-bond acceptors (Lipinski definition) is 6. The van der Waals surface area contributed by atoms with Gasteiger partial charge in [0.2, 0.25) is 0 Å². The van der Waals surface area contributed by atoms with Gasteiger partial charge < -0.3 is 19.1 Å². The molecule has 1 N–H and O–H groups in total. The molecule has 1 unspecified atom stereocenters. The van der Waals surface area contributed by atoms with E-state index in [1.807, 2.05) is 17.0 Å². The summed E-state index contributed by atoms with van der Waals surface area (Å²) >= 11 is 1.67. The zero-order valence-corrected chi connectivity index (χ0v) is 18.9. The quantitative estimate of drug-likeness (QED) is 0.368. The van der Waals surface area contributed by atoms with Gasteiger partial charge in [0, 0.05) is 54.9 Å². The second-order valence-corrected chi connectivity index (χ2v) is 9.70. The Bertz CT molecular complexity index is 1420. The minimum atomic E-state index is 0.0887. The van der Waals surface area contributed by atoms with Crippen LogP contribution in [0, 0.1) is 5.92 Å². The molecule has 1 aliphatic rings. The SMILES string of the molecule is O=CC1CCCC[C@H]1Nc1nc2ccc(Cc3cnc4cc(-n5ccnc5)ccn34)cc2s1. The van der Waals surface area contributed by atoms with Gasteiger partial charge in [-0.3, -0.25) is 0 Å². The highest BCUT2D eigenvalue weighted by atomic mass is 32.1. The number of carbonyl (C=O) groups excluding carboxylic acids is 1. The fourth-order valence-electron chi connectivity index (χ4n) is 4.74. The zero-order valence-electron chi connectivity index (χ0n) is 18.1. The maximum absolute atomic E-state index is 11.4. The van der Waals surface area contributed by atoms with Crippen LogP contribution in [0.4, 0.5) is 5.13 Å². The van der Waals surface area contributed by atoms with Crippen LogP contribution in [0.5, 0.6) is 0 Å². The Morgan fingerprint density at radius 3 is 2.97 bits per heavy atom. The summed E-state index contributed by atoms with van der Waals surface area (Å²) in [6, 6.07) is 10.8. The lowest BCUT2D eigenvalue weighted by molar-refractivity contribution is -0.112. The fraction of sp³-hybridized carbons (Fsp3) is 0.280. The Hall–Kier alpha value is -3.52. The van der Waals surface area contributed by atoms with Crippen LogP contribution >= 0.6 is 11.3 Å². The molecule has 8 heteroatoms. The van der Waals surface area contributed by atoms with E-state index in [2.05, 4.69) is 56.2 Å². The van der Waals surface area contributed by atoms with Gasteiger partial charge in [0.1, 0.15) is 11.9 Å². The molecule has 7 nitrogen and oxygen atoms in total. The van der Waals surface area contributed by atoms with E-state index in [4.69, 9.17) is 4.98 Å². The number of rotatable bonds is 6. The normalized spacial score (nSPS) is 18.7. The van der Waals surface area contributed by atoms with Crippen molar-refractivity contribution in [3.8, 4) is 5.69 Å². The van der Waals surface area contributed by atoms with E-state index in [0.717, 1.165) is 64.3 Å². The first-order valence-corrected chi connectivity index (χ1v) is 12.1. The van der Waals surface area contributed by atoms with Crippen LogP contribution in [-0.4, -0.2) is 36.2 Å². The molecule has 1 saturated carbocycles. The summed E-state index contributed by atoms with van der Waals surface area (Å²) in [5, 5.41) is 4.44. The first-order valence-electron chi connectivity index (χ1n) is 11.3. The average Bonchev–Trinajstić information content (AvgIpc) is 3.59. The third-order valence-corrected chi connectivity index (χ3v) is 7.47. The Kier molecular flexibility index (Phi) is 5.14. The third kappa shape index (κ3) is 3.91. The van der Waals surface area contributed by atoms with Crippen LogP contribution in [0.1, 0.15) is 36.9 Å². The van der Waals surface area contributed by atoms with Gasteiger partial charge in [0.25, 0.3) is 0 Å². The number of benzene rings is 1. The lowest BCUT2D eigenvalue weighted by atomic mass is 9.86. The number of pyridine rings is 1. The largest absolute Gasteiger partial charge is 0.358 e. The highest BCUT2D eigenvalue weighted by Crippen LogP contribution is 2.31. The Morgan fingerprint density at radius 2 is 2.09 bits per heavy atom. The van der Waals surface area contributed by atoms with Gasteiger partial charge in [-0.05, 0) is 36.6 Å². The second-order valence-electron chi connectivity index (χ2n) is 8.67. The Labute approximate surface area is 195 Å². The van der Waals surface area contributed by atoms with Crippen LogP contribution < -0.4 is 5.32 Å². The van der Waals surface area contributed by atoms with Crippen molar-refractivity contribution in [1.82, 2.24) is 23.9 Å². The lowest BCUT2D eigenvalue weighted by Crippen LogP contribution is -2.32. The fourth-order valence-corrected chi connectivity index (χ4v) is 5.73. The topological polar surface area (TPSA) is 77.1 Å². The number of nitrogens with one attached hydrogen (secondary N) is 1. The smallest absolute Gasteiger partial charge is 0.184 e. The summed E-state index contributed by atoms with van der Waals surface area (Å²) in [6.07, 6.45) is 15.7. The predicted octanol–water partition coefficient (Wildman–Crippen LogP) is 4.89. The van der Waals surface area contributed by atoms with Crippen molar-refractivity contribution in [3.63, 3.8) is 0 Å². The first kappa shape index (κ1) is 20.1. The van der Waals surface area contributed by atoms with Crippen LogP contribution in [0.25, 0.3) is 21.6 Å². The maximum atomic E-state index is 11.4. The van der Waals surface area contributed by atoms with Gasteiger partial charge in [0.05, 0.1) is 22.2 Å². The number of anilines is 1. The standard InChI is InChI=1S/C25H24N6OS/c32-15-18-3-1-2-4-21(18)28-25-29-22-6-5-17(12-23(22)33-25)11-20-14-27-24-13-19(7-9-31(20)24)30-10-8-26-16-30/h5-10,12-16,18,21H,1-4,11H2,(H,28,29)/t18?,21-/m1/s1. The van der Waals surface area contributed by atoms with E-state index in [1.54, 1.807) is 23.9 Å². The average molecular weight is 457 g/mol. The molecule has 0 bridgehead atoms. The molecule has 1 aliphatic carbocycles. The molecule has 0 radical (unpaired) electrons. The summed E-state index contributed by atoms with van der Waals surface area (Å²) in [5.74, 6) is 0.0887. The number of carbonyl (C=O) groups is 1. The Balaban J connectivity index is 1.23. The summed E-state index contributed by atoms with van der Waals surface area (Å²) < 4.78 is 5.26. The molecule has 4 aromatic heterocycles. The molecule has 4 heterocycles. The van der Waals surface area contributed by atoms with E-state index in [0.29, 0.717) is 0 Å². The van der Waals surface area contributed by atoms with Crippen molar-refractivity contribution in [2.24, 2.45) is 5.92 Å². The summed E-state index contributed by atoms with van der Waals surface area (Å²) in [4.78, 5) is 24.9. The lowest BCUT2D eigenvalue weighted by Gasteiger charge is -2.28. The third-order valence-electron chi connectivity index (χ3n) is 6.52. The number of aldehydes is 1. The van der Waals surface area contributed by atoms with Gasteiger partial charge in [-0.2, -0.15) is 0 Å². The van der Waals surface area contributed by atoms with Crippen molar-refractivity contribution in [2.45, 2.75) is 38.1 Å². The Morgan fingerprint density at radius 1 is 1.15 bits per heavy atom. The molecule has 0 spiro atoms. The number of thiazole rings is 1. The van der Waals surface area contributed by atoms with Crippen molar-refractivity contribution in [1.29, 1.82) is 0 Å². The van der Waals surface area contributed by atoms with Crippen LogP contribution in [0.15, 0.2) is 61.4 Å². The monoisotopic (exact) mass is 456 g/mol. The number of nitrogens with zero attached hydrogens (tertiary/aromatic N) is 5.